The number of aryl methyl sites for hydroxylation is 1. The maximum Gasteiger partial charge on any atom is 0.173 e. The summed E-state index contributed by atoms with van der Waals surface area (Å²) >= 11 is 1.68. The molecule has 4 heteroatoms. The Morgan fingerprint density at radius 1 is 1.42 bits per heavy atom. The predicted octanol–water partition coefficient (Wildman–Crippen LogP) is 1.85. The van der Waals surface area contributed by atoms with Gasteiger partial charge in [-0.15, -0.1) is 21.5 Å². The van der Waals surface area contributed by atoms with Crippen molar-refractivity contribution in [3.63, 3.8) is 0 Å². The zero-order chi connectivity index (χ0) is 8.55. The van der Waals surface area contributed by atoms with E-state index >= 15 is 0 Å². The number of hydrogen-bond acceptors (Lipinski definition) is 3. The lowest BCUT2D eigenvalue weighted by Gasteiger charge is -1.96. The van der Waals surface area contributed by atoms with Crippen molar-refractivity contribution in [2.45, 2.75) is 6.92 Å². The summed E-state index contributed by atoms with van der Waals surface area (Å²) in [4.78, 5) is 1.16. The maximum absolute atomic E-state index is 4.08. The Bertz CT molecular complexity index is 375. The van der Waals surface area contributed by atoms with Gasteiger partial charge in [-0.2, -0.15) is 0 Å². The minimum Gasteiger partial charge on any atom is -0.314 e. The van der Waals surface area contributed by atoms with Crippen LogP contribution in [-0.4, -0.2) is 14.8 Å². The van der Waals surface area contributed by atoms with Crippen LogP contribution in [0, 0.1) is 6.92 Å². The van der Waals surface area contributed by atoms with E-state index in [-0.39, 0.29) is 0 Å². The molecular formula is C8H9N3S. The molecule has 62 valence electrons. The molecule has 0 aliphatic rings. The van der Waals surface area contributed by atoms with Gasteiger partial charge in [0.15, 0.2) is 5.82 Å². The van der Waals surface area contributed by atoms with E-state index in [0.29, 0.717) is 0 Å². The average Bonchev–Trinajstić information content (AvgIpc) is 2.64. The molecule has 0 bridgehead atoms. The smallest absolute Gasteiger partial charge is 0.173 e. The van der Waals surface area contributed by atoms with Crippen LogP contribution in [0.2, 0.25) is 0 Å². The van der Waals surface area contributed by atoms with Crippen molar-refractivity contribution in [3.05, 3.63) is 23.3 Å². The highest BCUT2D eigenvalue weighted by Crippen LogP contribution is 2.21. The molecule has 0 radical (unpaired) electrons. The Kier molecular flexibility index (Phi) is 1.69. The van der Waals surface area contributed by atoms with Crippen LogP contribution >= 0.6 is 11.3 Å². The van der Waals surface area contributed by atoms with Crippen molar-refractivity contribution in [2.24, 2.45) is 7.05 Å². The first-order chi connectivity index (χ1) is 5.79. The summed E-state index contributed by atoms with van der Waals surface area (Å²) in [6.07, 6.45) is 0. The van der Waals surface area contributed by atoms with Gasteiger partial charge in [-0.3, -0.25) is 0 Å². The van der Waals surface area contributed by atoms with Crippen molar-refractivity contribution in [3.8, 4) is 10.7 Å². The minimum atomic E-state index is 0.943. The lowest BCUT2D eigenvalue weighted by atomic mass is 10.4. The van der Waals surface area contributed by atoms with Crippen molar-refractivity contribution in [1.29, 1.82) is 0 Å². The average molecular weight is 179 g/mol. The SMILES string of the molecule is Cc1nnc(-c2cccs2)n1C. The molecule has 12 heavy (non-hydrogen) atoms. The third-order valence-electron chi connectivity index (χ3n) is 1.83. The van der Waals surface area contributed by atoms with E-state index < -0.39 is 0 Å². The van der Waals surface area contributed by atoms with Crippen LogP contribution in [0.25, 0.3) is 10.7 Å². The Labute approximate surface area is 74.7 Å². The fraction of sp³-hybridized carbons (Fsp3) is 0.250. The van der Waals surface area contributed by atoms with E-state index in [1.165, 1.54) is 0 Å². The van der Waals surface area contributed by atoms with E-state index in [1.54, 1.807) is 11.3 Å². The molecule has 2 aromatic heterocycles. The quantitative estimate of drug-likeness (QED) is 0.669. The van der Waals surface area contributed by atoms with Gasteiger partial charge < -0.3 is 4.57 Å². The van der Waals surface area contributed by atoms with E-state index in [0.717, 1.165) is 16.5 Å². The van der Waals surface area contributed by atoms with E-state index in [9.17, 15) is 0 Å². The van der Waals surface area contributed by atoms with Crippen molar-refractivity contribution < 1.29 is 0 Å². The van der Waals surface area contributed by atoms with E-state index in [1.807, 2.05) is 36.1 Å². The second-order valence-corrected chi connectivity index (χ2v) is 3.55. The summed E-state index contributed by atoms with van der Waals surface area (Å²) in [7, 11) is 1.98. The summed E-state index contributed by atoms with van der Waals surface area (Å²) < 4.78 is 1.99. The summed E-state index contributed by atoms with van der Waals surface area (Å²) in [5, 5.41) is 10.1. The van der Waals surface area contributed by atoms with Gasteiger partial charge in [0.2, 0.25) is 0 Å². The van der Waals surface area contributed by atoms with Crippen LogP contribution in [0.15, 0.2) is 17.5 Å². The van der Waals surface area contributed by atoms with Gasteiger partial charge in [0.1, 0.15) is 5.82 Å². The fourth-order valence-corrected chi connectivity index (χ4v) is 1.77. The van der Waals surface area contributed by atoms with Crippen LogP contribution in [0.1, 0.15) is 5.82 Å². The van der Waals surface area contributed by atoms with Gasteiger partial charge in [-0.25, -0.2) is 0 Å². The van der Waals surface area contributed by atoms with Crippen LogP contribution in [0.3, 0.4) is 0 Å². The molecule has 0 saturated heterocycles. The molecule has 0 amide bonds. The first kappa shape index (κ1) is 7.49. The molecule has 0 aliphatic heterocycles. The molecule has 2 heterocycles. The first-order valence-corrected chi connectivity index (χ1v) is 4.57. The van der Waals surface area contributed by atoms with Crippen LogP contribution in [0.5, 0.6) is 0 Å². The largest absolute Gasteiger partial charge is 0.314 e. The second kappa shape index (κ2) is 2.71. The third-order valence-corrected chi connectivity index (χ3v) is 2.70. The summed E-state index contributed by atoms with van der Waals surface area (Å²) in [6, 6.07) is 4.07. The standard InChI is InChI=1S/C8H9N3S/c1-6-9-10-8(11(6)2)7-4-3-5-12-7/h3-5H,1-2H3. The molecular weight excluding hydrogens is 170 g/mol. The summed E-state index contributed by atoms with van der Waals surface area (Å²) in [6.45, 7) is 1.95. The van der Waals surface area contributed by atoms with Gasteiger partial charge in [0.05, 0.1) is 4.88 Å². The van der Waals surface area contributed by atoms with Crippen LogP contribution in [0.4, 0.5) is 0 Å². The number of hydrogen-bond donors (Lipinski definition) is 0. The highest BCUT2D eigenvalue weighted by atomic mass is 32.1. The lowest BCUT2D eigenvalue weighted by Crippen LogP contribution is -1.92. The normalized spacial score (nSPS) is 10.5. The number of rotatable bonds is 1. The monoisotopic (exact) mass is 179 g/mol. The van der Waals surface area contributed by atoms with Gasteiger partial charge >= 0.3 is 0 Å². The Hall–Kier alpha value is -1.16. The van der Waals surface area contributed by atoms with Crippen molar-refractivity contribution in [1.82, 2.24) is 14.8 Å². The van der Waals surface area contributed by atoms with E-state index in [2.05, 4.69) is 10.2 Å². The molecule has 0 unspecified atom stereocenters. The molecule has 2 aromatic rings. The molecule has 0 N–H and O–H groups in total. The molecule has 0 fully saturated rings. The topological polar surface area (TPSA) is 30.7 Å². The Morgan fingerprint density at radius 2 is 2.25 bits per heavy atom. The van der Waals surface area contributed by atoms with Gasteiger partial charge in [0, 0.05) is 7.05 Å². The predicted molar refractivity (Wildman–Crippen MR) is 49.1 cm³/mol. The highest BCUT2D eigenvalue weighted by molar-refractivity contribution is 7.13. The van der Waals surface area contributed by atoms with Crippen molar-refractivity contribution >= 4 is 11.3 Å². The summed E-state index contributed by atoms with van der Waals surface area (Å²) in [5.74, 6) is 1.89. The van der Waals surface area contributed by atoms with Crippen molar-refractivity contribution in [2.75, 3.05) is 0 Å². The molecule has 0 saturated carbocycles. The Balaban J connectivity index is 2.55. The third kappa shape index (κ3) is 1.04. The summed E-state index contributed by atoms with van der Waals surface area (Å²) in [5.41, 5.74) is 0. The molecule has 0 atom stereocenters. The van der Waals surface area contributed by atoms with Gasteiger partial charge in [-0.05, 0) is 18.4 Å². The molecule has 3 nitrogen and oxygen atoms in total. The molecule has 0 aliphatic carbocycles. The molecule has 2 rings (SSSR count). The highest BCUT2D eigenvalue weighted by Gasteiger charge is 2.07. The second-order valence-electron chi connectivity index (χ2n) is 2.61. The zero-order valence-corrected chi connectivity index (χ0v) is 7.80. The molecule has 0 spiro atoms. The maximum atomic E-state index is 4.08. The molecule has 0 aromatic carbocycles. The van der Waals surface area contributed by atoms with Crippen LogP contribution in [-0.2, 0) is 7.05 Å². The number of nitrogens with zero attached hydrogens (tertiary/aromatic N) is 3. The number of aromatic nitrogens is 3. The first-order valence-electron chi connectivity index (χ1n) is 3.69. The zero-order valence-electron chi connectivity index (χ0n) is 6.98. The van der Waals surface area contributed by atoms with E-state index in [4.69, 9.17) is 0 Å². The number of thiophene rings is 1. The van der Waals surface area contributed by atoms with Gasteiger partial charge in [-0.1, -0.05) is 6.07 Å². The van der Waals surface area contributed by atoms with Crippen LogP contribution < -0.4 is 0 Å². The Morgan fingerprint density at radius 3 is 2.75 bits per heavy atom. The van der Waals surface area contributed by atoms with Gasteiger partial charge in [0.25, 0.3) is 0 Å². The fourth-order valence-electron chi connectivity index (χ4n) is 1.03. The lowest BCUT2D eigenvalue weighted by molar-refractivity contribution is 0.866. The minimum absolute atomic E-state index is 0.943.